The Hall–Kier alpha value is -1.89. The van der Waals surface area contributed by atoms with E-state index in [0.717, 1.165) is 0 Å². The summed E-state index contributed by atoms with van der Waals surface area (Å²) in [7, 11) is 0. The molecule has 0 heterocycles. The highest BCUT2D eigenvalue weighted by Crippen LogP contribution is 2.08. The highest BCUT2D eigenvalue weighted by molar-refractivity contribution is 5.86. The zero-order chi connectivity index (χ0) is 11.3. The Morgan fingerprint density at radius 3 is 1.93 bits per heavy atom. The third-order valence-electron chi connectivity index (χ3n) is 1.25. The van der Waals surface area contributed by atoms with E-state index in [1.165, 1.54) is 0 Å². The fourth-order valence-electron chi connectivity index (χ4n) is 0.718. The van der Waals surface area contributed by atoms with E-state index in [0.29, 0.717) is 6.08 Å². The van der Waals surface area contributed by atoms with Crippen molar-refractivity contribution in [2.24, 2.45) is 0 Å². The average Bonchev–Trinajstić information content (AvgIpc) is 1.99. The van der Waals surface area contributed by atoms with Crippen LogP contribution in [0.25, 0.3) is 0 Å². The van der Waals surface area contributed by atoms with Crippen LogP contribution < -0.4 is 0 Å². The van der Waals surface area contributed by atoms with Gasteiger partial charge in [0.15, 0.2) is 6.10 Å². The van der Waals surface area contributed by atoms with Gasteiger partial charge in [0.05, 0.1) is 6.42 Å². The first-order valence-corrected chi connectivity index (χ1v) is 3.40. The molecule has 0 aromatic carbocycles. The second-order valence-electron chi connectivity index (χ2n) is 2.37. The van der Waals surface area contributed by atoms with Crippen LogP contribution >= 0.6 is 0 Å². The molecule has 78 valence electrons. The average molecular weight is 204 g/mol. The Kier molecular flexibility index (Phi) is 4.30. The molecule has 0 aromatic rings. The number of aliphatic carboxylic acids is 3. The number of carbonyl (C=O) groups is 3. The smallest absolute Gasteiger partial charge is 0.336 e. The Bertz CT molecular complexity index is 290. The van der Waals surface area contributed by atoms with Crippen LogP contribution in [0.2, 0.25) is 0 Å². The second-order valence-corrected chi connectivity index (χ2v) is 2.37. The van der Waals surface area contributed by atoms with E-state index in [-0.39, 0.29) is 0 Å². The molecule has 0 aliphatic heterocycles. The molecule has 0 aliphatic rings. The molecule has 7 heteroatoms. The summed E-state index contributed by atoms with van der Waals surface area (Å²) in [5, 5.41) is 33.7. The first kappa shape index (κ1) is 12.1. The molecule has 0 fully saturated rings. The first-order valence-electron chi connectivity index (χ1n) is 3.40. The minimum atomic E-state index is -2.11. The van der Waals surface area contributed by atoms with Crippen molar-refractivity contribution < 1.29 is 34.8 Å². The molecule has 4 N–H and O–H groups in total. The molecule has 14 heavy (non-hydrogen) atoms. The second kappa shape index (κ2) is 4.97. The maximum Gasteiger partial charge on any atom is 0.336 e. The van der Waals surface area contributed by atoms with Gasteiger partial charge in [-0.25, -0.2) is 9.59 Å². The van der Waals surface area contributed by atoms with E-state index in [1.807, 2.05) is 0 Å². The molecule has 0 spiro atoms. The Balaban J connectivity index is 4.81. The quantitative estimate of drug-likeness (QED) is 0.418. The number of carboxylic acids is 3. The largest absolute Gasteiger partial charge is 0.481 e. The van der Waals surface area contributed by atoms with Crippen LogP contribution in [0.5, 0.6) is 0 Å². The Labute approximate surface area is 77.9 Å². The Morgan fingerprint density at radius 2 is 1.64 bits per heavy atom. The van der Waals surface area contributed by atoms with Gasteiger partial charge in [0.1, 0.15) is 0 Å². The van der Waals surface area contributed by atoms with E-state index in [4.69, 9.17) is 20.4 Å². The van der Waals surface area contributed by atoms with Gasteiger partial charge in [0, 0.05) is 6.08 Å². The van der Waals surface area contributed by atoms with E-state index in [9.17, 15) is 14.4 Å². The maximum atomic E-state index is 10.2. The molecule has 0 saturated carbocycles. The fraction of sp³-hybridized carbons (Fsp3) is 0.286. The van der Waals surface area contributed by atoms with E-state index in [2.05, 4.69) is 0 Å². The molecule has 0 rings (SSSR count). The zero-order valence-electron chi connectivity index (χ0n) is 6.88. The van der Waals surface area contributed by atoms with Crippen molar-refractivity contribution >= 4 is 17.9 Å². The van der Waals surface area contributed by atoms with Crippen LogP contribution in [-0.2, 0) is 14.4 Å². The number of rotatable bonds is 5. The molecule has 1 atom stereocenters. The van der Waals surface area contributed by atoms with Gasteiger partial charge in [0.2, 0.25) is 0 Å². The van der Waals surface area contributed by atoms with Gasteiger partial charge in [-0.1, -0.05) is 0 Å². The van der Waals surface area contributed by atoms with Crippen LogP contribution in [0.1, 0.15) is 6.42 Å². The summed E-state index contributed by atoms with van der Waals surface area (Å²) in [4.78, 5) is 30.6. The summed E-state index contributed by atoms with van der Waals surface area (Å²) in [6, 6.07) is 0. The predicted molar refractivity (Wildman–Crippen MR) is 41.6 cm³/mol. The van der Waals surface area contributed by atoms with Crippen LogP contribution in [0.4, 0.5) is 0 Å². The molecule has 0 aromatic heterocycles. The number of hydrogen-bond acceptors (Lipinski definition) is 4. The van der Waals surface area contributed by atoms with Crippen molar-refractivity contribution in [3.63, 3.8) is 0 Å². The topological polar surface area (TPSA) is 132 Å². The van der Waals surface area contributed by atoms with Crippen molar-refractivity contribution in [2.75, 3.05) is 0 Å². The SMILES string of the molecule is O=C(O)/C=C(/CC(=O)O)C(O)C(=O)O. The van der Waals surface area contributed by atoms with Gasteiger partial charge < -0.3 is 20.4 Å². The number of carboxylic acid groups (broad SMARTS) is 3. The summed E-state index contributed by atoms with van der Waals surface area (Å²) >= 11 is 0. The minimum Gasteiger partial charge on any atom is -0.481 e. The summed E-state index contributed by atoms with van der Waals surface area (Å²) in [5.74, 6) is -4.63. The van der Waals surface area contributed by atoms with Crippen LogP contribution in [0, 0.1) is 0 Å². The van der Waals surface area contributed by atoms with E-state index >= 15 is 0 Å². The van der Waals surface area contributed by atoms with Gasteiger partial charge in [0.25, 0.3) is 0 Å². The highest BCUT2D eigenvalue weighted by atomic mass is 16.4. The molecular weight excluding hydrogens is 196 g/mol. The maximum absolute atomic E-state index is 10.2. The first-order chi connectivity index (χ1) is 6.34. The molecule has 0 radical (unpaired) electrons. The number of hydrogen-bond donors (Lipinski definition) is 4. The number of aliphatic hydroxyl groups excluding tert-OH is 1. The minimum absolute atomic E-state index is 0.368. The monoisotopic (exact) mass is 204 g/mol. The molecule has 1 unspecified atom stereocenters. The van der Waals surface area contributed by atoms with E-state index < -0.39 is 36.0 Å². The lowest BCUT2D eigenvalue weighted by Gasteiger charge is -2.07. The third-order valence-corrected chi connectivity index (χ3v) is 1.25. The Morgan fingerprint density at radius 1 is 1.14 bits per heavy atom. The van der Waals surface area contributed by atoms with Crippen molar-refractivity contribution in [1.82, 2.24) is 0 Å². The molecule has 0 aliphatic carbocycles. The molecule has 0 saturated heterocycles. The lowest BCUT2D eigenvalue weighted by Crippen LogP contribution is -2.24. The molecular formula is C7H8O7. The van der Waals surface area contributed by atoms with Gasteiger partial charge in [-0.15, -0.1) is 0 Å². The predicted octanol–water partition coefficient (Wildman–Crippen LogP) is -1.08. The lowest BCUT2D eigenvalue weighted by molar-refractivity contribution is -0.144. The molecule has 0 bridgehead atoms. The van der Waals surface area contributed by atoms with Crippen LogP contribution in [-0.4, -0.2) is 44.4 Å². The van der Waals surface area contributed by atoms with Crippen molar-refractivity contribution in [2.45, 2.75) is 12.5 Å². The standard InChI is InChI=1S/C7H8O7/c8-4(9)1-3(2-5(10)11)6(12)7(13)14/h1,6,12H,2H2,(H,8,9)(H,10,11)(H,13,14)/b3-1-. The summed E-state index contributed by atoms with van der Waals surface area (Å²) in [6.45, 7) is 0. The molecule has 7 nitrogen and oxygen atoms in total. The summed E-state index contributed by atoms with van der Waals surface area (Å²) in [6.07, 6.45) is -2.57. The lowest BCUT2D eigenvalue weighted by atomic mass is 10.1. The van der Waals surface area contributed by atoms with Crippen molar-refractivity contribution in [1.29, 1.82) is 0 Å². The van der Waals surface area contributed by atoms with Gasteiger partial charge >= 0.3 is 17.9 Å². The van der Waals surface area contributed by atoms with Crippen molar-refractivity contribution in [3.05, 3.63) is 11.6 Å². The van der Waals surface area contributed by atoms with Crippen LogP contribution in [0.3, 0.4) is 0 Å². The zero-order valence-corrected chi connectivity index (χ0v) is 6.88. The third kappa shape index (κ3) is 4.21. The number of aliphatic hydroxyl groups is 1. The van der Waals surface area contributed by atoms with Gasteiger partial charge in [-0.2, -0.15) is 0 Å². The normalized spacial score (nSPS) is 13.4. The van der Waals surface area contributed by atoms with Crippen LogP contribution in [0.15, 0.2) is 11.6 Å². The van der Waals surface area contributed by atoms with Crippen molar-refractivity contribution in [3.8, 4) is 0 Å². The fourth-order valence-corrected chi connectivity index (χ4v) is 0.718. The van der Waals surface area contributed by atoms with Gasteiger partial charge in [-0.3, -0.25) is 4.79 Å². The highest BCUT2D eigenvalue weighted by Gasteiger charge is 2.21. The molecule has 0 amide bonds. The van der Waals surface area contributed by atoms with E-state index in [1.54, 1.807) is 0 Å². The summed E-state index contributed by atoms with van der Waals surface area (Å²) in [5.41, 5.74) is -0.586. The summed E-state index contributed by atoms with van der Waals surface area (Å²) < 4.78 is 0. The van der Waals surface area contributed by atoms with Gasteiger partial charge in [-0.05, 0) is 5.57 Å².